The van der Waals surface area contributed by atoms with Crippen molar-refractivity contribution in [3.05, 3.63) is 29.8 Å². The van der Waals surface area contributed by atoms with E-state index in [4.69, 9.17) is 4.74 Å². The first-order valence-corrected chi connectivity index (χ1v) is 8.41. The van der Waals surface area contributed by atoms with Gasteiger partial charge in [0.15, 0.2) is 0 Å². The second-order valence-corrected chi connectivity index (χ2v) is 6.54. The number of ether oxygens (including phenoxy) is 1. The maximum Gasteiger partial charge on any atom is 0.123 e. The van der Waals surface area contributed by atoms with Gasteiger partial charge in [0, 0.05) is 37.3 Å². The van der Waals surface area contributed by atoms with E-state index in [1.54, 1.807) is 7.11 Å². The minimum atomic E-state index is 0.653. The van der Waals surface area contributed by atoms with Crippen molar-refractivity contribution in [2.75, 3.05) is 20.2 Å². The zero-order valence-electron chi connectivity index (χ0n) is 13.3. The molecule has 3 nitrogen and oxygen atoms in total. The van der Waals surface area contributed by atoms with E-state index < -0.39 is 0 Å². The largest absolute Gasteiger partial charge is 0.496 e. The molecule has 3 heteroatoms. The molecule has 1 aliphatic heterocycles. The normalized spacial score (nSPS) is 26.8. The van der Waals surface area contributed by atoms with E-state index in [9.17, 15) is 0 Å². The summed E-state index contributed by atoms with van der Waals surface area (Å²) in [6, 6.07) is 9.82. The Morgan fingerprint density at radius 3 is 2.81 bits per heavy atom. The van der Waals surface area contributed by atoms with Crippen LogP contribution >= 0.6 is 0 Å². The smallest absolute Gasteiger partial charge is 0.123 e. The van der Waals surface area contributed by atoms with Gasteiger partial charge in [-0.15, -0.1) is 0 Å². The Morgan fingerprint density at radius 2 is 2.10 bits per heavy atom. The number of hydrogen-bond acceptors (Lipinski definition) is 3. The Bertz CT molecular complexity index is 458. The monoisotopic (exact) mass is 288 g/mol. The van der Waals surface area contributed by atoms with Crippen LogP contribution in [0.3, 0.4) is 0 Å². The summed E-state index contributed by atoms with van der Waals surface area (Å²) in [5.74, 6) is 1.94. The highest BCUT2D eigenvalue weighted by molar-refractivity contribution is 5.33. The fourth-order valence-electron chi connectivity index (χ4n) is 3.62. The van der Waals surface area contributed by atoms with Crippen molar-refractivity contribution in [2.24, 2.45) is 5.92 Å². The minimum absolute atomic E-state index is 0.653. The van der Waals surface area contributed by atoms with Crippen molar-refractivity contribution < 1.29 is 4.74 Å². The van der Waals surface area contributed by atoms with Gasteiger partial charge in [-0.25, -0.2) is 0 Å². The van der Waals surface area contributed by atoms with Gasteiger partial charge in [-0.1, -0.05) is 31.5 Å². The summed E-state index contributed by atoms with van der Waals surface area (Å²) in [6.45, 7) is 5.63. The molecule has 0 bridgehead atoms. The van der Waals surface area contributed by atoms with Crippen molar-refractivity contribution in [3.8, 4) is 5.75 Å². The first-order valence-electron chi connectivity index (χ1n) is 8.41. The lowest BCUT2D eigenvalue weighted by Crippen LogP contribution is -2.56. The molecule has 21 heavy (non-hydrogen) atoms. The standard InChI is InChI=1S/C18H28N2O/c1-3-6-16-13-20(17(11-19-16)14-9-10-14)12-15-7-4-5-8-18(15)21-2/h4-5,7-8,14,16-17,19H,3,6,9-13H2,1-2H3. The third-order valence-corrected chi connectivity index (χ3v) is 4.91. The Morgan fingerprint density at radius 1 is 1.29 bits per heavy atom. The zero-order valence-corrected chi connectivity index (χ0v) is 13.3. The van der Waals surface area contributed by atoms with Crippen LogP contribution in [0.25, 0.3) is 0 Å². The molecule has 1 N–H and O–H groups in total. The molecule has 0 amide bonds. The van der Waals surface area contributed by atoms with E-state index in [0.29, 0.717) is 12.1 Å². The van der Waals surface area contributed by atoms with Gasteiger partial charge in [0.05, 0.1) is 7.11 Å². The summed E-state index contributed by atoms with van der Waals surface area (Å²) in [4.78, 5) is 2.70. The van der Waals surface area contributed by atoms with Crippen LogP contribution in [-0.2, 0) is 6.54 Å². The summed E-state index contributed by atoms with van der Waals surface area (Å²) in [7, 11) is 1.77. The summed E-state index contributed by atoms with van der Waals surface area (Å²) in [5.41, 5.74) is 1.32. The number of nitrogens with zero attached hydrogens (tertiary/aromatic N) is 1. The van der Waals surface area contributed by atoms with Crippen LogP contribution in [0.1, 0.15) is 38.2 Å². The maximum atomic E-state index is 5.53. The number of benzene rings is 1. The third-order valence-electron chi connectivity index (χ3n) is 4.91. The SMILES string of the molecule is CCCC1CN(Cc2ccccc2OC)C(C2CC2)CN1. The van der Waals surface area contributed by atoms with Gasteiger partial charge < -0.3 is 10.1 Å². The molecule has 2 atom stereocenters. The lowest BCUT2D eigenvalue weighted by molar-refractivity contribution is 0.103. The maximum absolute atomic E-state index is 5.53. The van der Waals surface area contributed by atoms with E-state index in [-0.39, 0.29) is 0 Å². The number of rotatable bonds is 6. The van der Waals surface area contributed by atoms with Crippen molar-refractivity contribution >= 4 is 0 Å². The summed E-state index contributed by atoms with van der Waals surface area (Å²) >= 11 is 0. The van der Waals surface area contributed by atoms with E-state index in [1.165, 1.54) is 37.8 Å². The van der Waals surface area contributed by atoms with Gasteiger partial charge in [-0.2, -0.15) is 0 Å². The lowest BCUT2D eigenvalue weighted by atomic mass is 10.0. The molecule has 1 aromatic carbocycles. The molecule has 2 aliphatic rings. The molecule has 2 unspecified atom stereocenters. The topological polar surface area (TPSA) is 24.5 Å². The quantitative estimate of drug-likeness (QED) is 0.871. The number of para-hydroxylation sites is 1. The number of piperazine rings is 1. The molecule has 1 aromatic rings. The molecule has 1 saturated heterocycles. The minimum Gasteiger partial charge on any atom is -0.496 e. The highest BCUT2D eigenvalue weighted by atomic mass is 16.5. The molecule has 1 aliphatic carbocycles. The number of nitrogens with one attached hydrogen (secondary N) is 1. The van der Waals surface area contributed by atoms with Crippen LogP contribution in [0.15, 0.2) is 24.3 Å². The molecule has 0 spiro atoms. The average Bonchev–Trinajstić information content (AvgIpc) is 3.33. The van der Waals surface area contributed by atoms with Gasteiger partial charge in [0.1, 0.15) is 5.75 Å². The summed E-state index contributed by atoms with van der Waals surface area (Å²) < 4.78 is 5.53. The second kappa shape index (κ2) is 6.80. The molecule has 0 aromatic heterocycles. The van der Waals surface area contributed by atoms with E-state index >= 15 is 0 Å². The van der Waals surface area contributed by atoms with Crippen molar-refractivity contribution in [1.29, 1.82) is 0 Å². The highest BCUT2D eigenvalue weighted by Gasteiger charge is 2.38. The molecular formula is C18H28N2O. The first kappa shape index (κ1) is 14.9. The Labute approximate surface area is 128 Å². The Kier molecular flexibility index (Phi) is 4.81. The molecule has 1 saturated carbocycles. The molecule has 0 radical (unpaired) electrons. The lowest BCUT2D eigenvalue weighted by Gasteiger charge is -2.41. The van der Waals surface area contributed by atoms with E-state index in [0.717, 1.165) is 24.8 Å². The summed E-state index contributed by atoms with van der Waals surface area (Å²) in [6.07, 6.45) is 5.36. The summed E-state index contributed by atoms with van der Waals surface area (Å²) in [5, 5.41) is 3.76. The van der Waals surface area contributed by atoms with Crippen LogP contribution in [0.4, 0.5) is 0 Å². The predicted molar refractivity (Wildman–Crippen MR) is 86.6 cm³/mol. The Balaban J connectivity index is 1.72. The van der Waals surface area contributed by atoms with Gasteiger partial charge in [0.2, 0.25) is 0 Å². The fraction of sp³-hybridized carbons (Fsp3) is 0.667. The van der Waals surface area contributed by atoms with Crippen LogP contribution in [-0.4, -0.2) is 37.2 Å². The van der Waals surface area contributed by atoms with Gasteiger partial charge in [-0.3, -0.25) is 4.90 Å². The Hall–Kier alpha value is -1.06. The van der Waals surface area contributed by atoms with Crippen molar-refractivity contribution in [3.63, 3.8) is 0 Å². The van der Waals surface area contributed by atoms with E-state index in [2.05, 4.69) is 41.4 Å². The third kappa shape index (κ3) is 3.58. The van der Waals surface area contributed by atoms with Crippen LogP contribution in [0.5, 0.6) is 5.75 Å². The molecule has 3 rings (SSSR count). The first-order chi connectivity index (χ1) is 10.3. The zero-order chi connectivity index (χ0) is 14.7. The molecular weight excluding hydrogens is 260 g/mol. The second-order valence-electron chi connectivity index (χ2n) is 6.54. The predicted octanol–water partition coefficient (Wildman–Crippen LogP) is 3.05. The molecule has 1 heterocycles. The average molecular weight is 288 g/mol. The van der Waals surface area contributed by atoms with E-state index in [1.807, 2.05) is 0 Å². The van der Waals surface area contributed by atoms with Crippen LogP contribution in [0, 0.1) is 5.92 Å². The van der Waals surface area contributed by atoms with Gasteiger partial charge in [0.25, 0.3) is 0 Å². The van der Waals surface area contributed by atoms with Gasteiger partial charge >= 0.3 is 0 Å². The number of methoxy groups -OCH3 is 1. The van der Waals surface area contributed by atoms with Crippen molar-refractivity contribution in [2.45, 2.75) is 51.2 Å². The molecule has 116 valence electrons. The van der Waals surface area contributed by atoms with Crippen LogP contribution < -0.4 is 10.1 Å². The van der Waals surface area contributed by atoms with Gasteiger partial charge in [-0.05, 0) is 31.2 Å². The number of hydrogen-bond donors (Lipinski definition) is 1. The molecule has 2 fully saturated rings. The van der Waals surface area contributed by atoms with Crippen LogP contribution in [0.2, 0.25) is 0 Å². The fourth-order valence-corrected chi connectivity index (χ4v) is 3.62. The van der Waals surface area contributed by atoms with Crippen molar-refractivity contribution in [1.82, 2.24) is 10.2 Å². The highest BCUT2D eigenvalue weighted by Crippen LogP contribution is 2.37.